The molecule has 0 unspecified atom stereocenters. The molecule has 0 fully saturated rings. The molecule has 0 saturated heterocycles. The predicted molar refractivity (Wildman–Crippen MR) is 282 cm³/mol. The number of pyridine rings is 4. The third kappa shape index (κ3) is 34.0. The average molecular weight is 1290 g/mol. The molecule has 424 valence electrons. The van der Waals surface area contributed by atoms with Gasteiger partial charge in [0.2, 0.25) is 0 Å². The molecular formula is C52H64F12N6O2P2S2Zn2. The Morgan fingerprint density at radius 1 is 0.423 bits per heavy atom. The summed E-state index contributed by atoms with van der Waals surface area (Å²) >= 11 is 3.07. The summed E-state index contributed by atoms with van der Waals surface area (Å²) in [5.74, 6) is 0.308. The minimum absolute atomic E-state index is 0. The Morgan fingerprint density at radius 2 is 0.654 bits per heavy atom. The molecule has 4 heterocycles. The van der Waals surface area contributed by atoms with Crippen LogP contribution in [0, 0.1) is 0 Å². The second kappa shape index (κ2) is 28.5. The summed E-state index contributed by atoms with van der Waals surface area (Å²) in [5, 5.41) is 26.2. The first kappa shape index (κ1) is 72.5. The molecule has 4 aromatic heterocycles. The second-order valence-electron chi connectivity index (χ2n) is 19.6. The van der Waals surface area contributed by atoms with Gasteiger partial charge in [-0.05, 0) is 116 Å². The van der Waals surface area contributed by atoms with Gasteiger partial charge in [0.15, 0.2) is 0 Å². The van der Waals surface area contributed by atoms with E-state index in [1.807, 2.05) is 85.8 Å². The fourth-order valence-electron chi connectivity index (χ4n) is 7.02. The first-order valence-electron chi connectivity index (χ1n) is 23.6. The molecule has 26 heteroatoms. The van der Waals surface area contributed by atoms with E-state index < -0.39 is 15.6 Å². The van der Waals surface area contributed by atoms with E-state index in [1.165, 1.54) is 34.7 Å². The molecule has 0 aliphatic carbocycles. The van der Waals surface area contributed by atoms with Crippen LogP contribution in [0.3, 0.4) is 0 Å². The summed E-state index contributed by atoms with van der Waals surface area (Å²) < 4.78 is 118. The van der Waals surface area contributed by atoms with Gasteiger partial charge in [0.1, 0.15) is 0 Å². The zero-order chi connectivity index (χ0) is 57.4. The largest absolute Gasteiger partial charge is 2.00 e. The van der Waals surface area contributed by atoms with Crippen LogP contribution >= 0.6 is 39.1 Å². The van der Waals surface area contributed by atoms with E-state index in [1.54, 1.807) is 0 Å². The number of rotatable bonds is 18. The van der Waals surface area contributed by atoms with Crippen molar-refractivity contribution in [2.45, 2.75) is 101 Å². The molecule has 0 radical (unpaired) electrons. The molecule has 2 aromatic carbocycles. The zero-order valence-electron chi connectivity index (χ0n) is 44.8. The normalized spacial score (nSPS) is 13.5. The van der Waals surface area contributed by atoms with Gasteiger partial charge < -0.3 is 10.2 Å². The van der Waals surface area contributed by atoms with E-state index in [2.05, 4.69) is 120 Å². The first-order chi connectivity index (χ1) is 34.6. The van der Waals surface area contributed by atoms with Crippen molar-refractivity contribution in [2.24, 2.45) is 0 Å². The maximum absolute atomic E-state index is 13.1. The SMILES string of the molecule is CSc1cc(C(C)(C)C)cc(CN(CCc2ccccn2)CCc2ccccn2)c1[O-].CSc1cc(C(C)(C)C)cc(CN(CCc2ccccn2)CCc2ccccn2)c1[O-].F[P-](F)(F)(F)(F)F.F[P-](F)(F)(F)(F)F.[Zn+2].[Zn+2]. The molecule has 0 N–H and O–H groups in total. The van der Waals surface area contributed by atoms with Crippen molar-refractivity contribution in [1.29, 1.82) is 0 Å². The Kier molecular flexibility index (Phi) is 26.5. The van der Waals surface area contributed by atoms with E-state index >= 15 is 0 Å². The van der Waals surface area contributed by atoms with Crippen LogP contribution in [-0.4, -0.2) is 68.4 Å². The monoisotopic (exact) mass is 1290 g/mol. The van der Waals surface area contributed by atoms with E-state index in [4.69, 9.17) is 0 Å². The number of hydrogen-bond acceptors (Lipinski definition) is 10. The minimum atomic E-state index is -10.7. The van der Waals surface area contributed by atoms with Gasteiger partial charge in [0, 0.05) is 113 Å². The van der Waals surface area contributed by atoms with Crippen LogP contribution in [0.2, 0.25) is 0 Å². The van der Waals surface area contributed by atoms with Crippen LogP contribution < -0.4 is 10.2 Å². The number of aromatic nitrogens is 4. The average Bonchev–Trinajstić information content (AvgIpc) is 3.30. The van der Waals surface area contributed by atoms with Gasteiger partial charge in [0.05, 0.1) is 0 Å². The Hall–Kier alpha value is -3.47. The smallest absolute Gasteiger partial charge is 2.00 e. The molecule has 8 nitrogen and oxygen atoms in total. The summed E-state index contributed by atoms with van der Waals surface area (Å²) in [7, 11) is -21.3. The van der Waals surface area contributed by atoms with Crippen molar-refractivity contribution >= 4 is 39.1 Å². The number of halogens is 12. The molecule has 78 heavy (non-hydrogen) atoms. The number of thioether (sulfide) groups is 2. The van der Waals surface area contributed by atoms with Crippen molar-refractivity contribution in [3.63, 3.8) is 0 Å². The van der Waals surface area contributed by atoms with Crippen molar-refractivity contribution in [3.05, 3.63) is 167 Å². The van der Waals surface area contributed by atoms with Crippen molar-refractivity contribution in [3.8, 4) is 11.5 Å². The maximum atomic E-state index is 13.1. The molecule has 0 saturated carbocycles. The van der Waals surface area contributed by atoms with E-state index in [0.29, 0.717) is 13.1 Å². The van der Waals surface area contributed by atoms with Gasteiger partial charge in [0.25, 0.3) is 0 Å². The fraction of sp³-hybridized carbons (Fsp3) is 0.385. The van der Waals surface area contributed by atoms with Crippen molar-refractivity contribution < 1.29 is 99.5 Å². The summed E-state index contributed by atoms with van der Waals surface area (Å²) in [4.78, 5) is 24.2. The molecule has 0 atom stereocenters. The Labute approximate surface area is 483 Å². The predicted octanol–water partition coefficient (Wildman–Crippen LogP) is 16.5. The van der Waals surface area contributed by atoms with Crippen molar-refractivity contribution in [2.75, 3.05) is 38.7 Å². The van der Waals surface area contributed by atoms with Crippen LogP contribution in [0.1, 0.15) is 86.6 Å². The fourth-order valence-corrected chi connectivity index (χ4v) is 8.14. The molecular weight excluding hydrogens is 1230 g/mol. The number of hydrogen-bond donors (Lipinski definition) is 0. The molecule has 0 bridgehead atoms. The molecule has 0 aliphatic rings. The van der Waals surface area contributed by atoms with Gasteiger partial charge in [-0.25, -0.2) is 0 Å². The summed E-state index contributed by atoms with van der Waals surface area (Å²) in [6.07, 6.45) is 14.7. The van der Waals surface area contributed by atoms with E-state index in [9.17, 15) is 60.6 Å². The number of benzene rings is 2. The quantitative estimate of drug-likeness (QED) is 0.0358. The van der Waals surface area contributed by atoms with E-state index in [0.717, 1.165) is 95.6 Å². The molecule has 6 rings (SSSR count). The Balaban J connectivity index is 0.000000614. The van der Waals surface area contributed by atoms with Gasteiger partial charge in [-0.1, -0.05) is 89.4 Å². The summed E-state index contributed by atoms with van der Waals surface area (Å²) in [6, 6.07) is 32.4. The van der Waals surface area contributed by atoms with Crippen molar-refractivity contribution in [1.82, 2.24) is 29.7 Å². The van der Waals surface area contributed by atoms with Gasteiger partial charge in [-0.3, -0.25) is 29.7 Å². The van der Waals surface area contributed by atoms with E-state index in [-0.39, 0.29) is 61.3 Å². The third-order valence-corrected chi connectivity index (χ3v) is 12.4. The molecule has 0 amide bonds. The topological polar surface area (TPSA) is 104 Å². The number of nitrogens with zero attached hydrogens (tertiary/aromatic N) is 6. The standard InChI is InChI=1S/2C26H33N3OS.2F6P.2Zn/c2*1-26(2,3)21-17-20(25(30)24(18-21)31-4)19-29(15-11-22-9-5-7-13-27-22)16-12-23-10-6-8-14-28-23;2*1-7(2,3,4,5)6;;/h2*5-10,13-14,17-18,30H,11-12,15-16,19H2,1-4H3;;;;/q;;2*-1;2*+2/p-2. The van der Waals surface area contributed by atoms with Gasteiger partial charge in [-0.2, -0.15) is 0 Å². The molecule has 0 aliphatic heterocycles. The molecule has 0 spiro atoms. The molecule has 6 aromatic rings. The van der Waals surface area contributed by atoms with Gasteiger partial charge >= 0.3 is 105 Å². The van der Waals surface area contributed by atoms with Crippen LogP contribution in [-0.2, 0) is 88.6 Å². The summed E-state index contributed by atoms with van der Waals surface area (Å²) in [5.41, 5.74) is 8.45. The van der Waals surface area contributed by atoms with Crippen LogP contribution in [0.25, 0.3) is 0 Å². The Bertz CT molecular complexity index is 2450. The maximum Gasteiger partial charge on any atom is 2.00 e. The third-order valence-electron chi connectivity index (χ3n) is 10.9. The second-order valence-corrected chi connectivity index (χ2v) is 25.1. The zero-order valence-corrected chi connectivity index (χ0v) is 54.1. The minimum Gasteiger partial charge on any atom is 2.00 e. The Morgan fingerprint density at radius 3 is 0.833 bits per heavy atom. The first-order valence-corrected chi connectivity index (χ1v) is 30.1. The summed E-state index contributed by atoms with van der Waals surface area (Å²) in [6.45, 7) is 17.8. The van der Waals surface area contributed by atoms with Crippen LogP contribution in [0.5, 0.6) is 11.5 Å². The van der Waals surface area contributed by atoms with Crippen LogP contribution in [0.15, 0.2) is 132 Å². The van der Waals surface area contributed by atoms with Gasteiger partial charge in [-0.15, -0.1) is 23.5 Å². The van der Waals surface area contributed by atoms with Crippen LogP contribution in [0.4, 0.5) is 50.4 Å².